The highest BCUT2D eigenvalue weighted by Crippen LogP contribution is 2.22. The summed E-state index contributed by atoms with van der Waals surface area (Å²) < 4.78 is 17.7. The average Bonchev–Trinajstić information content (AvgIpc) is 2.69. The molecule has 0 aliphatic rings. The van der Waals surface area contributed by atoms with Crippen LogP contribution in [-0.2, 0) is 0 Å². The number of hydrogen-bond acceptors (Lipinski definition) is 2. The monoisotopic (exact) mass is 192 g/mol. The number of halogens is 1. The molecule has 0 spiro atoms. The molecule has 1 aromatic carbocycles. The third-order valence-electron chi connectivity index (χ3n) is 2.02. The van der Waals surface area contributed by atoms with Gasteiger partial charge in [0.25, 0.3) is 0 Å². The maximum atomic E-state index is 12.8. The van der Waals surface area contributed by atoms with Gasteiger partial charge in [-0.05, 0) is 23.8 Å². The smallest absolute Gasteiger partial charge is 0.123 e. The lowest BCUT2D eigenvalue weighted by molar-refractivity contribution is 0.218. The Labute approximate surface area is 80.6 Å². The SMILES string of the molecule is O[C@@H](c1ccoc1)c1cccc(F)c1. The van der Waals surface area contributed by atoms with E-state index < -0.39 is 6.10 Å². The number of aliphatic hydroxyl groups is 1. The molecule has 0 fully saturated rings. The van der Waals surface area contributed by atoms with Gasteiger partial charge < -0.3 is 9.52 Å². The molecule has 0 unspecified atom stereocenters. The highest BCUT2D eigenvalue weighted by Gasteiger charge is 2.11. The number of hydrogen-bond donors (Lipinski definition) is 1. The van der Waals surface area contributed by atoms with Crippen LogP contribution in [0.3, 0.4) is 0 Å². The van der Waals surface area contributed by atoms with E-state index in [2.05, 4.69) is 0 Å². The molecule has 0 radical (unpaired) electrons. The van der Waals surface area contributed by atoms with Gasteiger partial charge in [0.15, 0.2) is 0 Å². The molecule has 72 valence electrons. The lowest BCUT2D eigenvalue weighted by Crippen LogP contribution is -1.97. The van der Waals surface area contributed by atoms with Gasteiger partial charge in [0, 0.05) is 5.56 Å². The second-order valence-electron chi connectivity index (χ2n) is 3.01. The minimum absolute atomic E-state index is 0.356. The summed E-state index contributed by atoms with van der Waals surface area (Å²) in [5, 5.41) is 9.78. The summed E-state index contributed by atoms with van der Waals surface area (Å²) in [4.78, 5) is 0. The number of furan rings is 1. The van der Waals surface area contributed by atoms with Crippen molar-refractivity contribution in [2.45, 2.75) is 6.10 Å². The summed E-state index contributed by atoms with van der Waals surface area (Å²) >= 11 is 0. The molecule has 0 saturated carbocycles. The van der Waals surface area contributed by atoms with E-state index in [1.165, 1.54) is 24.7 Å². The third-order valence-corrected chi connectivity index (χ3v) is 2.02. The molecule has 2 nitrogen and oxygen atoms in total. The summed E-state index contributed by atoms with van der Waals surface area (Å²) in [5.74, 6) is -0.356. The van der Waals surface area contributed by atoms with E-state index in [0.717, 1.165) is 0 Å². The molecule has 1 aromatic heterocycles. The standard InChI is InChI=1S/C11H9FO2/c12-10-3-1-2-8(6-10)11(13)9-4-5-14-7-9/h1-7,11,13H/t11-/m1/s1. The molecule has 2 aromatic rings. The molecule has 0 aliphatic heterocycles. The minimum Gasteiger partial charge on any atom is -0.472 e. The van der Waals surface area contributed by atoms with Gasteiger partial charge in [0.1, 0.15) is 11.9 Å². The van der Waals surface area contributed by atoms with Crippen molar-refractivity contribution in [1.29, 1.82) is 0 Å². The first-order valence-electron chi connectivity index (χ1n) is 4.23. The van der Waals surface area contributed by atoms with Crippen LogP contribution >= 0.6 is 0 Å². The quantitative estimate of drug-likeness (QED) is 0.793. The van der Waals surface area contributed by atoms with Crippen LogP contribution in [0.15, 0.2) is 47.3 Å². The molecular weight excluding hydrogens is 183 g/mol. The van der Waals surface area contributed by atoms with Crippen molar-refractivity contribution in [3.8, 4) is 0 Å². The molecule has 1 N–H and O–H groups in total. The topological polar surface area (TPSA) is 33.4 Å². The van der Waals surface area contributed by atoms with E-state index in [9.17, 15) is 9.50 Å². The molecule has 0 amide bonds. The van der Waals surface area contributed by atoms with Crippen LogP contribution in [0.4, 0.5) is 4.39 Å². The van der Waals surface area contributed by atoms with E-state index in [0.29, 0.717) is 11.1 Å². The maximum Gasteiger partial charge on any atom is 0.123 e. The zero-order valence-electron chi connectivity index (χ0n) is 7.35. The Kier molecular flexibility index (Phi) is 2.33. The molecule has 0 bridgehead atoms. The Morgan fingerprint density at radius 1 is 1.21 bits per heavy atom. The molecule has 0 aliphatic carbocycles. The van der Waals surface area contributed by atoms with Crippen LogP contribution < -0.4 is 0 Å². The highest BCUT2D eigenvalue weighted by atomic mass is 19.1. The number of benzene rings is 1. The Balaban J connectivity index is 2.32. The van der Waals surface area contributed by atoms with Gasteiger partial charge in [-0.3, -0.25) is 0 Å². The van der Waals surface area contributed by atoms with Crippen molar-refractivity contribution in [1.82, 2.24) is 0 Å². The van der Waals surface area contributed by atoms with Gasteiger partial charge in [-0.1, -0.05) is 12.1 Å². The molecule has 14 heavy (non-hydrogen) atoms. The number of rotatable bonds is 2. The van der Waals surface area contributed by atoms with Gasteiger partial charge >= 0.3 is 0 Å². The first-order chi connectivity index (χ1) is 6.77. The fourth-order valence-electron chi connectivity index (χ4n) is 1.30. The van der Waals surface area contributed by atoms with Crippen molar-refractivity contribution in [3.63, 3.8) is 0 Å². The largest absolute Gasteiger partial charge is 0.472 e. The molecule has 1 heterocycles. The van der Waals surface area contributed by atoms with Crippen LogP contribution in [-0.4, -0.2) is 5.11 Å². The molecule has 0 saturated heterocycles. The van der Waals surface area contributed by atoms with Crippen molar-refractivity contribution < 1.29 is 13.9 Å². The summed E-state index contributed by atoms with van der Waals surface area (Å²) in [7, 11) is 0. The van der Waals surface area contributed by atoms with E-state index in [1.807, 2.05) is 0 Å². The summed E-state index contributed by atoms with van der Waals surface area (Å²) in [5.41, 5.74) is 1.14. The molecule has 2 rings (SSSR count). The van der Waals surface area contributed by atoms with E-state index >= 15 is 0 Å². The average molecular weight is 192 g/mol. The maximum absolute atomic E-state index is 12.8. The minimum atomic E-state index is -0.829. The predicted octanol–water partition coefficient (Wildman–Crippen LogP) is 2.50. The van der Waals surface area contributed by atoms with Gasteiger partial charge in [-0.25, -0.2) is 4.39 Å². The van der Waals surface area contributed by atoms with E-state index in [4.69, 9.17) is 4.42 Å². The lowest BCUT2D eigenvalue weighted by atomic mass is 10.0. The van der Waals surface area contributed by atoms with Crippen LogP contribution in [0.2, 0.25) is 0 Å². The Morgan fingerprint density at radius 3 is 2.71 bits per heavy atom. The fraction of sp³-hybridized carbons (Fsp3) is 0.0909. The Morgan fingerprint density at radius 2 is 2.07 bits per heavy atom. The van der Waals surface area contributed by atoms with Gasteiger partial charge in [-0.2, -0.15) is 0 Å². The zero-order chi connectivity index (χ0) is 9.97. The third kappa shape index (κ3) is 1.67. The van der Waals surface area contributed by atoms with Crippen molar-refractivity contribution in [3.05, 3.63) is 59.8 Å². The van der Waals surface area contributed by atoms with Crippen LogP contribution in [0.25, 0.3) is 0 Å². The summed E-state index contributed by atoms with van der Waals surface area (Å²) in [6, 6.07) is 7.52. The van der Waals surface area contributed by atoms with Gasteiger partial charge in [-0.15, -0.1) is 0 Å². The van der Waals surface area contributed by atoms with Crippen molar-refractivity contribution >= 4 is 0 Å². The van der Waals surface area contributed by atoms with Crippen LogP contribution in [0.5, 0.6) is 0 Å². The van der Waals surface area contributed by atoms with E-state index in [1.54, 1.807) is 18.2 Å². The first kappa shape index (κ1) is 8.97. The normalized spacial score (nSPS) is 12.7. The highest BCUT2D eigenvalue weighted by molar-refractivity contribution is 5.27. The Hall–Kier alpha value is -1.61. The summed E-state index contributed by atoms with van der Waals surface area (Å²) in [6.45, 7) is 0. The van der Waals surface area contributed by atoms with Gasteiger partial charge in [0.05, 0.1) is 12.5 Å². The fourth-order valence-corrected chi connectivity index (χ4v) is 1.30. The second kappa shape index (κ2) is 3.64. The zero-order valence-corrected chi connectivity index (χ0v) is 7.35. The first-order valence-corrected chi connectivity index (χ1v) is 4.23. The number of aliphatic hydroxyl groups excluding tert-OH is 1. The molecule has 1 atom stereocenters. The lowest BCUT2D eigenvalue weighted by Gasteiger charge is -2.07. The molecular formula is C11H9FO2. The predicted molar refractivity (Wildman–Crippen MR) is 49.2 cm³/mol. The summed E-state index contributed by atoms with van der Waals surface area (Å²) in [6.07, 6.45) is 2.08. The van der Waals surface area contributed by atoms with Crippen LogP contribution in [0, 0.1) is 5.82 Å². The Bertz CT molecular complexity index is 409. The second-order valence-corrected chi connectivity index (χ2v) is 3.01. The van der Waals surface area contributed by atoms with Crippen molar-refractivity contribution in [2.75, 3.05) is 0 Å². The van der Waals surface area contributed by atoms with Gasteiger partial charge in [0.2, 0.25) is 0 Å². The van der Waals surface area contributed by atoms with E-state index in [-0.39, 0.29) is 5.82 Å². The van der Waals surface area contributed by atoms with Crippen LogP contribution in [0.1, 0.15) is 17.2 Å². The van der Waals surface area contributed by atoms with Crippen molar-refractivity contribution in [2.24, 2.45) is 0 Å². The molecule has 3 heteroatoms.